The summed E-state index contributed by atoms with van der Waals surface area (Å²) in [5.74, 6) is 1.53. The molecule has 13 nitrogen and oxygen atoms in total. The summed E-state index contributed by atoms with van der Waals surface area (Å²) in [5, 5.41) is 28.0. The molecule has 2 atom stereocenters. The minimum atomic E-state index is -0.579. The van der Waals surface area contributed by atoms with E-state index in [0.717, 1.165) is 30.6 Å². The Labute approximate surface area is 283 Å². The number of nitrogens with one attached hydrogen (secondary N) is 1. The van der Waals surface area contributed by atoms with Gasteiger partial charge in [-0.2, -0.15) is 30.1 Å². The topological polar surface area (TPSA) is 148 Å². The molecule has 3 heterocycles. The molecule has 14 heteroatoms. The second-order valence-electron chi connectivity index (χ2n) is 13.3. The van der Waals surface area contributed by atoms with Gasteiger partial charge in [-0.05, 0) is 69.9 Å². The molecule has 48 heavy (non-hydrogen) atoms. The molecule has 0 radical (unpaired) electrons. The van der Waals surface area contributed by atoms with Gasteiger partial charge in [0.25, 0.3) is 0 Å². The van der Waals surface area contributed by atoms with Gasteiger partial charge in [0.05, 0.1) is 53.4 Å². The molecule has 0 bridgehead atoms. The van der Waals surface area contributed by atoms with Gasteiger partial charge in [-0.1, -0.05) is 23.7 Å². The van der Waals surface area contributed by atoms with Crippen molar-refractivity contribution < 1.29 is 14.3 Å². The fraction of sp³-hybridized carbons (Fsp3) is 0.412. The summed E-state index contributed by atoms with van der Waals surface area (Å²) >= 11 is 7.08. The van der Waals surface area contributed by atoms with Gasteiger partial charge in [-0.15, -0.1) is 0 Å². The van der Waals surface area contributed by atoms with Crippen molar-refractivity contribution in [2.45, 2.75) is 70.3 Å². The predicted molar refractivity (Wildman–Crippen MR) is 180 cm³/mol. The molecule has 1 amide bonds. The molecule has 246 valence electrons. The first-order chi connectivity index (χ1) is 23.1. The van der Waals surface area contributed by atoms with Crippen LogP contribution in [0.3, 0.4) is 0 Å². The van der Waals surface area contributed by atoms with Gasteiger partial charge in [0.2, 0.25) is 11.9 Å². The van der Waals surface area contributed by atoms with Crippen LogP contribution in [0.5, 0.6) is 5.75 Å². The minimum absolute atomic E-state index is 0.00509. The van der Waals surface area contributed by atoms with Crippen molar-refractivity contribution in [3.63, 3.8) is 0 Å². The monoisotopic (exact) mass is 666 g/mol. The molecule has 1 N–H and O–H groups in total. The molecule has 2 unspecified atom stereocenters. The van der Waals surface area contributed by atoms with E-state index in [0.29, 0.717) is 58.8 Å². The zero-order valence-corrected chi connectivity index (χ0v) is 27.9. The number of amides is 1. The molecule has 3 aliphatic rings. The normalized spacial score (nSPS) is 18.5. The molecular weight excluding hydrogens is 632 g/mol. The maximum Gasteiger partial charge on any atom is 0.410 e. The molecule has 2 aromatic carbocycles. The number of hydrogen-bond acceptors (Lipinski definition) is 11. The van der Waals surface area contributed by atoms with Crippen LogP contribution < -0.4 is 19.9 Å². The number of methoxy groups -OCH3 is 1. The fourth-order valence-corrected chi connectivity index (χ4v) is 6.45. The third kappa shape index (κ3) is 6.09. The average molecular weight is 667 g/mol. The van der Waals surface area contributed by atoms with Crippen LogP contribution in [0, 0.1) is 22.7 Å². The van der Waals surface area contributed by atoms with Crippen molar-refractivity contribution in [1.29, 1.82) is 10.5 Å². The van der Waals surface area contributed by atoms with Gasteiger partial charge < -0.3 is 29.5 Å². The Morgan fingerprint density at radius 3 is 2.54 bits per heavy atom. The number of carbonyl (C=O) groups is 1. The molecule has 7 rings (SSSR count). The van der Waals surface area contributed by atoms with Crippen molar-refractivity contribution >= 4 is 46.6 Å². The summed E-state index contributed by atoms with van der Waals surface area (Å²) < 4.78 is 12.6. The van der Waals surface area contributed by atoms with Crippen molar-refractivity contribution in [3.05, 3.63) is 64.3 Å². The standard InChI is InChI=1S/C34H35ClN10O3/c1-34(2,3)48-33(46)43-12-11-42(26-15-27(26)43)28-14-21(16-36)13-25(29(28)35)39-31-40-30-22(17-37)18-38-45(30)32(41-31)44(23-7-8-23)19-20-5-9-24(47-4)10-6-20/h5-6,9-10,13-14,18,23,26-27H,7-8,11-12,15,19H2,1-4H3,(H,39,40). The van der Waals surface area contributed by atoms with Gasteiger partial charge >= 0.3 is 6.09 Å². The Morgan fingerprint density at radius 1 is 1.10 bits per heavy atom. The average Bonchev–Trinajstić information content (AvgIpc) is 4.00. The summed E-state index contributed by atoms with van der Waals surface area (Å²) in [5.41, 5.74) is 2.71. The molecule has 2 aromatic heterocycles. The lowest BCUT2D eigenvalue weighted by molar-refractivity contribution is 0.0218. The van der Waals surface area contributed by atoms with Crippen LogP contribution in [-0.4, -0.2) is 74.5 Å². The number of nitriles is 2. The number of aromatic nitrogens is 4. The number of hydrogen-bond donors (Lipinski definition) is 1. The summed E-state index contributed by atoms with van der Waals surface area (Å²) in [4.78, 5) is 28.5. The highest BCUT2D eigenvalue weighted by atomic mass is 35.5. The Morgan fingerprint density at radius 2 is 1.88 bits per heavy atom. The van der Waals surface area contributed by atoms with E-state index in [-0.39, 0.29) is 30.2 Å². The van der Waals surface area contributed by atoms with Crippen LogP contribution in [-0.2, 0) is 11.3 Å². The van der Waals surface area contributed by atoms with Crippen molar-refractivity contribution in [2.24, 2.45) is 0 Å². The highest BCUT2D eigenvalue weighted by Gasteiger charge is 2.52. The van der Waals surface area contributed by atoms with E-state index in [4.69, 9.17) is 26.1 Å². The van der Waals surface area contributed by atoms with E-state index in [9.17, 15) is 15.3 Å². The van der Waals surface area contributed by atoms with Crippen molar-refractivity contribution in [1.82, 2.24) is 24.5 Å². The number of benzene rings is 2. The van der Waals surface area contributed by atoms with E-state index in [1.807, 2.05) is 45.0 Å². The Kier molecular flexibility index (Phi) is 7.88. The van der Waals surface area contributed by atoms with E-state index < -0.39 is 5.60 Å². The van der Waals surface area contributed by atoms with Crippen molar-refractivity contribution in [3.8, 4) is 17.9 Å². The van der Waals surface area contributed by atoms with Crippen LogP contribution in [0.25, 0.3) is 5.65 Å². The molecule has 2 aliphatic carbocycles. The van der Waals surface area contributed by atoms with E-state index in [1.165, 1.54) is 6.20 Å². The lowest BCUT2D eigenvalue weighted by atomic mass is 10.1. The third-order valence-electron chi connectivity index (χ3n) is 8.70. The number of anilines is 4. The molecule has 4 aromatic rings. The summed E-state index contributed by atoms with van der Waals surface area (Å²) in [6.45, 7) is 7.14. The number of halogens is 1. The van der Waals surface area contributed by atoms with Crippen molar-refractivity contribution in [2.75, 3.05) is 35.3 Å². The first-order valence-electron chi connectivity index (χ1n) is 15.9. The van der Waals surface area contributed by atoms with Crippen LogP contribution in [0.1, 0.15) is 56.7 Å². The Hall–Kier alpha value is -5.27. The molecule has 3 fully saturated rings. The molecule has 1 saturated heterocycles. The second kappa shape index (κ2) is 12.1. The lowest BCUT2D eigenvalue weighted by Crippen LogP contribution is -2.50. The highest BCUT2D eigenvalue weighted by molar-refractivity contribution is 6.36. The van der Waals surface area contributed by atoms with Crippen LogP contribution in [0.15, 0.2) is 42.6 Å². The van der Waals surface area contributed by atoms with Gasteiger partial charge in [-0.3, -0.25) is 0 Å². The summed E-state index contributed by atoms with van der Waals surface area (Å²) in [6.07, 6.45) is 3.95. The number of ether oxygens (including phenoxy) is 2. The number of nitrogens with zero attached hydrogens (tertiary/aromatic N) is 9. The summed E-state index contributed by atoms with van der Waals surface area (Å²) in [7, 11) is 1.64. The van der Waals surface area contributed by atoms with Crippen LogP contribution in [0.4, 0.5) is 28.1 Å². The van der Waals surface area contributed by atoms with Gasteiger partial charge in [0.15, 0.2) is 5.65 Å². The number of fused-ring (bicyclic) bond motifs is 2. The van der Waals surface area contributed by atoms with Crippen LogP contribution in [0.2, 0.25) is 5.02 Å². The largest absolute Gasteiger partial charge is 0.497 e. The molecule has 2 saturated carbocycles. The lowest BCUT2D eigenvalue weighted by Gasteiger charge is -2.37. The van der Waals surface area contributed by atoms with Gasteiger partial charge in [0.1, 0.15) is 23.0 Å². The maximum atomic E-state index is 12.8. The van der Waals surface area contributed by atoms with E-state index in [2.05, 4.69) is 37.3 Å². The fourth-order valence-electron chi connectivity index (χ4n) is 6.19. The van der Waals surface area contributed by atoms with Gasteiger partial charge in [-0.25, -0.2) is 4.79 Å². The van der Waals surface area contributed by atoms with Crippen LogP contribution >= 0.6 is 11.6 Å². The Bertz CT molecular complexity index is 1970. The zero-order valence-electron chi connectivity index (χ0n) is 27.1. The minimum Gasteiger partial charge on any atom is -0.497 e. The number of piperazine rings is 1. The SMILES string of the molecule is COc1ccc(CN(c2nc(Nc3cc(C#N)cc(N4CCN(C(=O)OC(C)(C)C)C5CC54)c3Cl)nc3c(C#N)cnn23)C2CC2)cc1. The first kappa shape index (κ1) is 31.3. The second-order valence-corrected chi connectivity index (χ2v) is 13.7. The predicted octanol–water partition coefficient (Wildman–Crippen LogP) is 5.64. The molecule has 1 aliphatic heterocycles. The smallest absolute Gasteiger partial charge is 0.410 e. The maximum absolute atomic E-state index is 12.8. The quantitative estimate of drug-likeness (QED) is 0.249. The van der Waals surface area contributed by atoms with Gasteiger partial charge in [0, 0.05) is 25.7 Å². The number of carbonyl (C=O) groups excluding carboxylic acids is 1. The van der Waals surface area contributed by atoms with E-state index in [1.54, 1.807) is 28.7 Å². The zero-order chi connectivity index (χ0) is 33.7. The van der Waals surface area contributed by atoms with E-state index >= 15 is 0 Å². The summed E-state index contributed by atoms with van der Waals surface area (Å²) in [6, 6.07) is 16.1. The number of rotatable bonds is 8. The third-order valence-corrected chi connectivity index (χ3v) is 9.10. The highest BCUT2D eigenvalue weighted by Crippen LogP contribution is 2.45. The molecular formula is C34H35ClN10O3. The Balaban J connectivity index is 1.21. The molecule has 0 spiro atoms. The first-order valence-corrected chi connectivity index (χ1v) is 16.3.